The highest BCUT2D eigenvalue weighted by atomic mass is 16.5. The topological polar surface area (TPSA) is 74.2 Å². The van der Waals surface area contributed by atoms with Crippen molar-refractivity contribution in [2.75, 3.05) is 12.8 Å². The zero-order valence-corrected chi connectivity index (χ0v) is 10.9. The molecule has 5 heteroatoms. The number of rotatable bonds is 3. The molecule has 0 amide bonds. The molecule has 0 saturated heterocycles. The van der Waals surface area contributed by atoms with Crippen molar-refractivity contribution in [2.45, 2.75) is 0 Å². The van der Waals surface area contributed by atoms with E-state index in [0.29, 0.717) is 11.6 Å². The average Bonchev–Trinajstić information content (AvgIpc) is 2.90. The summed E-state index contributed by atoms with van der Waals surface area (Å²) in [6.45, 7) is 0. The van der Waals surface area contributed by atoms with Crippen LogP contribution < -0.4 is 10.5 Å². The van der Waals surface area contributed by atoms with Gasteiger partial charge in [-0.05, 0) is 42.0 Å². The minimum absolute atomic E-state index is 0.294. The molecule has 2 aromatic heterocycles. The summed E-state index contributed by atoms with van der Waals surface area (Å²) in [4.78, 5) is 4.00. The normalized spacial score (nSPS) is 10.4. The van der Waals surface area contributed by atoms with Crippen LogP contribution in [0.5, 0.6) is 5.75 Å². The number of hydrogen-bond donors (Lipinski definition) is 1. The number of hydrogen-bond acceptors (Lipinski definition) is 5. The van der Waals surface area contributed by atoms with Gasteiger partial charge in [-0.25, -0.2) is 0 Å². The SMILES string of the molecule is COc1ccc(-c2noc(N)c2-c2ccncc2)cc1. The van der Waals surface area contributed by atoms with Gasteiger partial charge in [0, 0.05) is 18.0 Å². The van der Waals surface area contributed by atoms with E-state index in [9.17, 15) is 0 Å². The predicted octanol–water partition coefficient (Wildman–Crippen LogP) is 2.99. The molecule has 0 fully saturated rings. The molecule has 0 atom stereocenters. The maximum Gasteiger partial charge on any atom is 0.230 e. The fourth-order valence-electron chi connectivity index (χ4n) is 2.05. The fraction of sp³-hybridized carbons (Fsp3) is 0.0667. The third-order valence-corrected chi connectivity index (χ3v) is 3.05. The molecule has 2 N–H and O–H groups in total. The minimum Gasteiger partial charge on any atom is -0.497 e. The largest absolute Gasteiger partial charge is 0.497 e. The van der Waals surface area contributed by atoms with Crippen LogP contribution in [0, 0.1) is 0 Å². The Labute approximate surface area is 116 Å². The molecule has 0 bridgehead atoms. The molecule has 0 aliphatic carbocycles. The van der Waals surface area contributed by atoms with Crippen molar-refractivity contribution >= 4 is 5.88 Å². The summed E-state index contributed by atoms with van der Waals surface area (Å²) in [5.74, 6) is 1.08. The second-order valence-corrected chi connectivity index (χ2v) is 4.23. The maximum atomic E-state index is 5.89. The van der Waals surface area contributed by atoms with Crippen LogP contribution in [-0.2, 0) is 0 Å². The monoisotopic (exact) mass is 267 g/mol. The van der Waals surface area contributed by atoms with Crippen LogP contribution in [-0.4, -0.2) is 17.3 Å². The highest BCUT2D eigenvalue weighted by Gasteiger charge is 2.17. The van der Waals surface area contributed by atoms with E-state index in [1.54, 1.807) is 19.5 Å². The van der Waals surface area contributed by atoms with E-state index in [1.165, 1.54) is 0 Å². The lowest BCUT2D eigenvalue weighted by Crippen LogP contribution is -1.88. The molecule has 0 aliphatic heterocycles. The van der Waals surface area contributed by atoms with Gasteiger partial charge in [-0.2, -0.15) is 0 Å². The second kappa shape index (κ2) is 5.05. The van der Waals surface area contributed by atoms with Crippen LogP contribution in [0.1, 0.15) is 0 Å². The lowest BCUT2D eigenvalue weighted by Gasteiger charge is -2.04. The molecule has 3 aromatic rings. The van der Waals surface area contributed by atoms with Gasteiger partial charge in [0.05, 0.1) is 12.7 Å². The number of nitrogens with zero attached hydrogens (tertiary/aromatic N) is 2. The molecule has 0 spiro atoms. The average molecular weight is 267 g/mol. The molecule has 0 aliphatic rings. The van der Waals surface area contributed by atoms with Crippen molar-refractivity contribution in [3.05, 3.63) is 48.8 Å². The highest BCUT2D eigenvalue weighted by Crippen LogP contribution is 2.36. The van der Waals surface area contributed by atoms with E-state index >= 15 is 0 Å². The smallest absolute Gasteiger partial charge is 0.230 e. The summed E-state index contributed by atoms with van der Waals surface area (Å²) in [6.07, 6.45) is 3.42. The van der Waals surface area contributed by atoms with E-state index in [4.69, 9.17) is 15.0 Å². The van der Waals surface area contributed by atoms with Crippen molar-refractivity contribution in [2.24, 2.45) is 0 Å². The number of aromatic nitrogens is 2. The lowest BCUT2D eigenvalue weighted by atomic mass is 10.0. The van der Waals surface area contributed by atoms with Crippen LogP contribution in [0.25, 0.3) is 22.4 Å². The number of nitrogen functional groups attached to an aromatic ring is 1. The molecule has 2 heterocycles. The minimum atomic E-state index is 0.294. The molecule has 0 unspecified atom stereocenters. The van der Waals surface area contributed by atoms with Crippen molar-refractivity contribution in [3.8, 4) is 28.1 Å². The standard InChI is InChI=1S/C15H13N3O2/c1-19-12-4-2-11(3-5-12)14-13(15(16)20-18-14)10-6-8-17-9-7-10/h2-9H,16H2,1H3. The van der Waals surface area contributed by atoms with Gasteiger partial charge >= 0.3 is 0 Å². The van der Waals surface area contributed by atoms with E-state index in [1.807, 2.05) is 36.4 Å². The Morgan fingerprint density at radius 2 is 1.70 bits per heavy atom. The third-order valence-electron chi connectivity index (χ3n) is 3.05. The number of pyridine rings is 1. The molecule has 5 nitrogen and oxygen atoms in total. The molecule has 20 heavy (non-hydrogen) atoms. The van der Waals surface area contributed by atoms with E-state index < -0.39 is 0 Å². The predicted molar refractivity (Wildman–Crippen MR) is 76.1 cm³/mol. The Hall–Kier alpha value is -2.82. The first-order valence-electron chi connectivity index (χ1n) is 6.09. The van der Waals surface area contributed by atoms with E-state index in [0.717, 1.165) is 22.4 Å². The Bertz CT molecular complexity index is 706. The third kappa shape index (κ3) is 2.09. The Morgan fingerprint density at radius 3 is 2.35 bits per heavy atom. The molecule has 100 valence electrons. The van der Waals surface area contributed by atoms with E-state index in [2.05, 4.69) is 10.1 Å². The molecule has 0 saturated carbocycles. The summed E-state index contributed by atoms with van der Waals surface area (Å²) in [7, 11) is 1.63. The van der Waals surface area contributed by atoms with Gasteiger partial charge in [0.15, 0.2) is 0 Å². The Balaban J connectivity index is 2.11. The molecule has 1 aromatic carbocycles. The van der Waals surface area contributed by atoms with Gasteiger partial charge in [0.25, 0.3) is 0 Å². The van der Waals surface area contributed by atoms with Gasteiger partial charge in [0.1, 0.15) is 11.4 Å². The number of anilines is 1. The molecule has 0 radical (unpaired) electrons. The van der Waals surface area contributed by atoms with Gasteiger partial charge in [-0.15, -0.1) is 0 Å². The van der Waals surface area contributed by atoms with Crippen LogP contribution in [0.2, 0.25) is 0 Å². The van der Waals surface area contributed by atoms with Crippen molar-refractivity contribution in [1.29, 1.82) is 0 Å². The van der Waals surface area contributed by atoms with Gasteiger partial charge in [0.2, 0.25) is 5.88 Å². The molecule has 3 rings (SSSR count). The van der Waals surface area contributed by atoms with E-state index in [-0.39, 0.29) is 0 Å². The Kier molecular flexibility index (Phi) is 3.09. The van der Waals surface area contributed by atoms with Crippen molar-refractivity contribution < 1.29 is 9.26 Å². The zero-order chi connectivity index (χ0) is 13.9. The number of benzene rings is 1. The van der Waals surface area contributed by atoms with Crippen molar-refractivity contribution in [1.82, 2.24) is 10.1 Å². The zero-order valence-electron chi connectivity index (χ0n) is 10.9. The highest BCUT2D eigenvalue weighted by molar-refractivity contribution is 5.86. The first-order chi connectivity index (χ1) is 9.79. The van der Waals surface area contributed by atoms with Crippen LogP contribution in [0.4, 0.5) is 5.88 Å². The summed E-state index contributed by atoms with van der Waals surface area (Å²) < 4.78 is 10.3. The lowest BCUT2D eigenvalue weighted by molar-refractivity contribution is 0.415. The second-order valence-electron chi connectivity index (χ2n) is 4.23. The summed E-state index contributed by atoms with van der Waals surface area (Å²) in [5, 5.41) is 4.06. The molecular weight excluding hydrogens is 254 g/mol. The van der Waals surface area contributed by atoms with Crippen LogP contribution in [0.3, 0.4) is 0 Å². The van der Waals surface area contributed by atoms with Crippen LogP contribution >= 0.6 is 0 Å². The van der Waals surface area contributed by atoms with Gasteiger partial charge in [-0.1, -0.05) is 5.16 Å². The summed E-state index contributed by atoms with van der Waals surface area (Å²) in [6, 6.07) is 11.3. The first-order valence-corrected chi connectivity index (χ1v) is 6.09. The van der Waals surface area contributed by atoms with Crippen LogP contribution in [0.15, 0.2) is 53.3 Å². The number of methoxy groups -OCH3 is 1. The Morgan fingerprint density at radius 1 is 1.00 bits per heavy atom. The van der Waals surface area contributed by atoms with Gasteiger partial charge in [-0.3, -0.25) is 4.98 Å². The van der Waals surface area contributed by atoms with Gasteiger partial charge < -0.3 is 15.0 Å². The van der Waals surface area contributed by atoms with Crippen molar-refractivity contribution in [3.63, 3.8) is 0 Å². The number of ether oxygens (including phenoxy) is 1. The quantitative estimate of drug-likeness (QED) is 0.789. The summed E-state index contributed by atoms with van der Waals surface area (Å²) in [5.41, 5.74) is 9.21. The summed E-state index contributed by atoms with van der Waals surface area (Å²) >= 11 is 0. The maximum absolute atomic E-state index is 5.89. The number of nitrogens with two attached hydrogens (primary N) is 1. The fourth-order valence-corrected chi connectivity index (χ4v) is 2.05. The first kappa shape index (κ1) is 12.2. The molecular formula is C15H13N3O2.